The molecule has 0 aliphatic heterocycles. The number of amides is 1. The van der Waals surface area contributed by atoms with Gasteiger partial charge in [-0.3, -0.25) is 9.78 Å². The smallest absolute Gasteiger partial charge is 0.273 e. The monoisotopic (exact) mass is 352 g/mol. The Hall–Kier alpha value is -2.60. The number of thiophene rings is 1. The molecule has 0 N–H and O–H groups in total. The van der Waals surface area contributed by atoms with Crippen LogP contribution in [0.1, 0.15) is 37.3 Å². The summed E-state index contributed by atoms with van der Waals surface area (Å²) in [5, 5.41) is 0. The Balaban J connectivity index is 1.90. The first kappa shape index (κ1) is 17.2. The average molecular weight is 352 g/mol. The predicted molar refractivity (Wildman–Crippen MR) is 98.4 cm³/mol. The number of rotatable bonds is 5. The number of nitrogens with zero attached hydrogens (tertiary/aromatic N) is 4. The van der Waals surface area contributed by atoms with Crippen molar-refractivity contribution in [2.75, 3.05) is 0 Å². The number of hydrogen-bond donors (Lipinski definition) is 0. The second kappa shape index (κ2) is 7.53. The molecule has 3 heterocycles. The van der Waals surface area contributed by atoms with E-state index in [-0.39, 0.29) is 5.91 Å². The number of aromatic nitrogens is 3. The molecule has 0 saturated heterocycles. The van der Waals surface area contributed by atoms with Gasteiger partial charge in [0.05, 0.1) is 6.54 Å². The zero-order valence-corrected chi connectivity index (χ0v) is 15.4. The van der Waals surface area contributed by atoms with Gasteiger partial charge in [-0.25, -0.2) is 9.97 Å². The van der Waals surface area contributed by atoms with Gasteiger partial charge in [-0.15, -0.1) is 11.3 Å². The number of aryl methyl sites for hydroxylation is 3. The highest BCUT2D eigenvalue weighted by Crippen LogP contribution is 2.20. The molecule has 0 fully saturated rings. The van der Waals surface area contributed by atoms with Gasteiger partial charge >= 0.3 is 0 Å². The fourth-order valence-corrected chi connectivity index (χ4v) is 3.56. The van der Waals surface area contributed by atoms with Gasteiger partial charge < -0.3 is 4.90 Å². The summed E-state index contributed by atoms with van der Waals surface area (Å²) in [6, 6.07) is 9.75. The van der Waals surface area contributed by atoms with Gasteiger partial charge in [0, 0.05) is 34.4 Å². The molecule has 3 aromatic heterocycles. The van der Waals surface area contributed by atoms with Crippen LogP contribution in [0.4, 0.5) is 0 Å². The Bertz CT molecular complexity index is 856. The van der Waals surface area contributed by atoms with E-state index in [0.717, 1.165) is 16.1 Å². The highest BCUT2D eigenvalue weighted by Gasteiger charge is 2.19. The topological polar surface area (TPSA) is 59.0 Å². The lowest BCUT2D eigenvalue weighted by Crippen LogP contribution is -2.30. The fourth-order valence-electron chi connectivity index (χ4n) is 2.65. The molecule has 3 rings (SSSR count). The first-order valence-corrected chi connectivity index (χ1v) is 8.88. The highest BCUT2D eigenvalue weighted by molar-refractivity contribution is 7.11. The van der Waals surface area contributed by atoms with Gasteiger partial charge in [0.2, 0.25) is 0 Å². The summed E-state index contributed by atoms with van der Waals surface area (Å²) >= 11 is 1.71. The van der Waals surface area contributed by atoms with Crippen LogP contribution in [0.3, 0.4) is 0 Å². The van der Waals surface area contributed by atoms with Crippen molar-refractivity contribution in [3.8, 4) is 0 Å². The minimum absolute atomic E-state index is 0.0866. The Morgan fingerprint density at radius 3 is 2.44 bits per heavy atom. The lowest BCUT2D eigenvalue weighted by atomic mass is 10.2. The van der Waals surface area contributed by atoms with Crippen molar-refractivity contribution in [3.63, 3.8) is 0 Å². The third-order valence-corrected chi connectivity index (χ3v) is 4.72. The van der Waals surface area contributed by atoms with Crippen LogP contribution < -0.4 is 0 Å². The molecule has 25 heavy (non-hydrogen) atoms. The van der Waals surface area contributed by atoms with E-state index in [1.165, 1.54) is 4.88 Å². The molecule has 0 atom stereocenters. The van der Waals surface area contributed by atoms with Crippen LogP contribution in [-0.4, -0.2) is 25.8 Å². The Kier molecular flexibility index (Phi) is 5.19. The number of carbonyl (C=O) groups is 1. The molecule has 6 heteroatoms. The zero-order valence-electron chi connectivity index (χ0n) is 14.6. The maximum Gasteiger partial charge on any atom is 0.273 e. The van der Waals surface area contributed by atoms with Crippen LogP contribution in [0.15, 0.2) is 42.7 Å². The van der Waals surface area contributed by atoms with E-state index < -0.39 is 0 Å². The summed E-state index contributed by atoms with van der Waals surface area (Å²) in [6.45, 7) is 6.82. The van der Waals surface area contributed by atoms with Crippen molar-refractivity contribution >= 4 is 17.2 Å². The highest BCUT2D eigenvalue weighted by atomic mass is 32.1. The average Bonchev–Trinajstić information content (AvgIpc) is 2.98. The molecule has 0 bridgehead atoms. The summed E-state index contributed by atoms with van der Waals surface area (Å²) in [7, 11) is 0. The quantitative estimate of drug-likeness (QED) is 0.702. The van der Waals surface area contributed by atoms with Crippen molar-refractivity contribution in [2.24, 2.45) is 0 Å². The summed E-state index contributed by atoms with van der Waals surface area (Å²) in [5.41, 5.74) is 2.28. The van der Waals surface area contributed by atoms with E-state index in [2.05, 4.69) is 34.0 Å². The molecule has 3 aromatic rings. The van der Waals surface area contributed by atoms with Crippen molar-refractivity contribution in [1.29, 1.82) is 0 Å². The molecular weight excluding hydrogens is 332 g/mol. The maximum atomic E-state index is 13.1. The molecule has 0 unspecified atom stereocenters. The van der Waals surface area contributed by atoms with Crippen LogP contribution in [0.5, 0.6) is 0 Å². The molecule has 0 spiro atoms. The Morgan fingerprint density at radius 1 is 1.04 bits per heavy atom. The van der Waals surface area contributed by atoms with Gasteiger partial charge in [-0.1, -0.05) is 0 Å². The number of carbonyl (C=O) groups excluding carboxylic acids is 1. The van der Waals surface area contributed by atoms with E-state index >= 15 is 0 Å². The van der Waals surface area contributed by atoms with E-state index in [1.807, 2.05) is 24.0 Å². The first-order valence-electron chi connectivity index (χ1n) is 8.07. The number of hydrogen-bond acceptors (Lipinski definition) is 5. The predicted octanol–water partition coefficient (Wildman–Crippen LogP) is 3.70. The van der Waals surface area contributed by atoms with Gasteiger partial charge in [-0.2, -0.15) is 0 Å². The fraction of sp³-hybridized carbons (Fsp3) is 0.263. The molecule has 0 radical (unpaired) electrons. The molecule has 128 valence electrons. The van der Waals surface area contributed by atoms with Crippen LogP contribution in [0.2, 0.25) is 0 Å². The molecule has 0 aromatic carbocycles. The van der Waals surface area contributed by atoms with E-state index in [0.29, 0.717) is 24.6 Å². The van der Waals surface area contributed by atoms with Gasteiger partial charge in [-0.05, 0) is 56.7 Å². The second-order valence-corrected chi connectivity index (χ2v) is 7.34. The molecule has 0 aliphatic rings. The minimum Gasteiger partial charge on any atom is -0.328 e. The standard InChI is InChI=1S/C19H20N4OS/c1-13-10-18(22-15(3)21-13)19(24)23(11-16-6-8-20-9-7-16)12-17-5-4-14(2)25-17/h4-10H,11-12H2,1-3H3. The summed E-state index contributed by atoms with van der Waals surface area (Å²) < 4.78 is 0. The molecule has 1 amide bonds. The minimum atomic E-state index is -0.0866. The second-order valence-electron chi connectivity index (χ2n) is 5.97. The van der Waals surface area contributed by atoms with Gasteiger partial charge in [0.1, 0.15) is 11.5 Å². The van der Waals surface area contributed by atoms with Crippen LogP contribution in [0.25, 0.3) is 0 Å². The van der Waals surface area contributed by atoms with Crippen molar-refractivity contribution in [3.05, 3.63) is 75.3 Å². The van der Waals surface area contributed by atoms with Crippen LogP contribution in [-0.2, 0) is 13.1 Å². The Labute approximate surface area is 151 Å². The molecule has 5 nitrogen and oxygen atoms in total. The van der Waals surface area contributed by atoms with Gasteiger partial charge in [0.15, 0.2) is 0 Å². The zero-order chi connectivity index (χ0) is 17.8. The normalized spacial score (nSPS) is 10.7. The SMILES string of the molecule is Cc1cc(C(=O)N(Cc2ccncc2)Cc2ccc(C)s2)nc(C)n1. The van der Waals surface area contributed by atoms with Crippen molar-refractivity contribution in [1.82, 2.24) is 19.9 Å². The van der Waals surface area contributed by atoms with E-state index in [4.69, 9.17) is 0 Å². The van der Waals surface area contributed by atoms with E-state index in [9.17, 15) is 4.79 Å². The summed E-state index contributed by atoms with van der Waals surface area (Å²) in [4.78, 5) is 29.9. The maximum absolute atomic E-state index is 13.1. The summed E-state index contributed by atoms with van der Waals surface area (Å²) in [6.07, 6.45) is 3.48. The number of pyridine rings is 1. The van der Waals surface area contributed by atoms with Crippen molar-refractivity contribution in [2.45, 2.75) is 33.9 Å². The molecule has 0 saturated carbocycles. The molecule has 0 aliphatic carbocycles. The molecular formula is C19H20N4OS. The largest absolute Gasteiger partial charge is 0.328 e. The lowest BCUT2D eigenvalue weighted by molar-refractivity contribution is 0.0725. The summed E-state index contributed by atoms with van der Waals surface area (Å²) in [5.74, 6) is 0.524. The van der Waals surface area contributed by atoms with Crippen molar-refractivity contribution < 1.29 is 4.79 Å². The van der Waals surface area contributed by atoms with Gasteiger partial charge in [0.25, 0.3) is 5.91 Å². The van der Waals surface area contributed by atoms with E-state index in [1.54, 1.807) is 36.7 Å². The Morgan fingerprint density at radius 2 is 1.80 bits per heavy atom. The van der Waals surface area contributed by atoms with Crippen LogP contribution >= 0.6 is 11.3 Å². The van der Waals surface area contributed by atoms with Crippen LogP contribution in [0, 0.1) is 20.8 Å². The third-order valence-electron chi connectivity index (χ3n) is 3.74. The third kappa shape index (κ3) is 4.48. The first-order chi connectivity index (χ1) is 12.0. The lowest BCUT2D eigenvalue weighted by Gasteiger charge is -2.22.